The van der Waals surface area contributed by atoms with E-state index >= 15 is 0 Å². The third kappa shape index (κ3) is 5.42. The number of nitrogens with one attached hydrogen (secondary N) is 1. The number of halogens is 2. The Labute approximate surface area is 189 Å². The molecule has 1 atom stereocenters. The van der Waals surface area contributed by atoms with Gasteiger partial charge < -0.3 is 10.1 Å². The maximum Gasteiger partial charge on any atom is 0.243 e. The first-order valence-electron chi connectivity index (χ1n) is 9.30. The number of sulfonamides is 1. The zero-order valence-electron chi connectivity index (χ0n) is 15.9. The van der Waals surface area contributed by atoms with Crippen LogP contribution in [0.1, 0.15) is 19.8 Å². The van der Waals surface area contributed by atoms with Crippen LogP contribution in [0, 0.1) is 9.49 Å². The second-order valence-electron chi connectivity index (χ2n) is 6.72. The van der Waals surface area contributed by atoms with Crippen LogP contribution in [0.5, 0.6) is 5.75 Å². The molecule has 2 aromatic carbocycles. The average Bonchev–Trinajstić information content (AvgIpc) is 2.71. The van der Waals surface area contributed by atoms with Crippen molar-refractivity contribution < 1.29 is 17.9 Å². The van der Waals surface area contributed by atoms with Gasteiger partial charge in [0, 0.05) is 22.3 Å². The Hall–Kier alpha value is -1.36. The highest BCUT2D eigenvalue weighted by Crippen LogP contribution is 2.30. The molecular weight excluding hydrogens is 527 g/mol. The summed E-state index contributed by atoms with van der Waals surface area (Å²) < 4.78 is 33.9. The Kier molecular flexibility index (Phi) is 7.42. The molecule has 0 spiro atoms. The second kappa shape index (κ2) is 9.63. The average molecular weight is 549 g/mol. The van der Waals surface area contributed by atoms with Crippen molar-refractivity contribution in [3.63, 3.8) is 0 Å². The van der Waals surface area contributed by atoms with E-state index in [0.717, 1.165) is 3.57 Å². The molecule has 2 aromatic rings. The van der Waals surface area contributed by atoms with E-state index in [4.69, 9.17) is 16.3 Å². The smallest absolute Gasteiger partial charge is 0.243 e. The fourth-order valence-corrected chi connectivity index (χ4v) is 5.43. The molecule has 3 rings (SSSR count). The number of anilines is 1. The SMILES string of the molecule is CCOc1ccc(S(=O)(=O)N2CCC[C@@H](C(=O)Nc3ccc(I)cc3)C2)cc1Cl. The van der Waals surface area contributed by atoms with Gasteiger partial charge in [0.1, 0.15) is 5.75 Å². The van der Waals surface area contributed by atoms with Gasteiger partial charge in [-0.1, -0.05) is 11.6 Å². The van der Waals surface area contributed by atoms with E-state index in [2.05, 4.69) is 27.9 Å². The van der Waals surface area contributed by atoms with Gasteiger partial charge in [-0.2, -0.15) is 4.31 Å². The molecule has 0 unspecified atom stereocenters. The molecule has 0 aromatic heterocycles. The number of ether oxygens (including phenoxy) is 1. The number of piperidine rings is 1. The van der Waals surface area contributed by atoms with E-state index < -0.39 is 15.9 Å². The van der Waals surface area contributed by atoms with Crippen LogP contribution in [-0.4, -0.2) is 38.3 Å². The van der Waals surface area contributed by atoms with Crippen molar-refractivity contribution in [3.05, 3.63) is 51.1 Å². The molecule has 0 aliphatic carbocycles. The number of hydrogen-bond acceptors (Lipinski definition) is 4. The third-order valence-electron chi connectivity index (χ3n) is 4.71. The van der Waals surface area contributed by atoms with Crippen molar-refractivity contribution in [1.29, 1.82) is 0 Å². The number of hydrogen-bond donors (Lipinski definition) is 1. The van der Waals surface area contributed by atoms with E-state index in [-0.39, 0.29) is 22.4 Å². The van der Waals surface area contributed by atoms with Crippen molar-refractivity contribution >= 4 is 55.8 Å². The number of benzene rings is 2. The van der Waals surface area contributed by atoms with Crippen LogP contribution in [0.25, 0.3) is 0 Å². The molecule has 1 aliphatic rings. The van der Waals surface area contributed by atoms with Gasteiger partial charge in [0.2, 0.25) is 15.9 Å². The maximum atomic E-state index is 13.1. The van der Waals surface area contributed by atoms with E-state index in [1.54, 1.807) is 6.07 Å². The summed E-state index contributed by atoms with van der Waals surface area (Å²) in [6.45, 7) is 2.79. The van der Waals surface area contributed by atoms with E-state index in [0.29, 0.717) is 37.4 Å². The first-order valence-corrected chi connectivity index (χ1v) is 12.2. The predicted octanol–water partition coefficient (Wildman–Crippen LogP) is 4.38. The molecule has 0 radical (unpaired) electrons. The molecular formula is C20H22ClIN2O4S. The minimum atomic E-state index is -3.75. The van der Waals surface area contributed by atoms with Gasteiger partial charge in [-0.25, -0.2) is 8.42 Å². The van der Waals surface area contributed by atoms with Crippen molar-refractivity contribution in [2.24, 2.45) is 5.92 Å². The number of amides is 1. The largest absolute Gasteiger partial charge is 0.492 e. The van der Waals surface area contributed by atoms with Crippen LogP contribution >= 0.6 is 34.2 Å². The molecule has 9 heteroatoms. The lowest BCUT2D eigenvalue weighted by molar-refractivity contribution is -0.120. The highest BCUT2D eigenvalue weighted by molar-refractivity contribution is 14.1. The predicted molar refractivity (Wildman–Crippen MR) is 122 cm³/mol. The summed E-state index contributed by atoms with van der Waals surface area (Å²) in [4.78, 5) is 12.8. The normalized spacial score (nSPS) is 17.7. The third-order valence-corrected chi connectivity index (χ3v) is 7.58. The number of rotatable bonds is 6. The van der Waals surface area contributed by atoms with Crippen LogP contribution in [-0.2, 0) is 14.8 Å². The molecule has 156 valence electrons. The van der Waals surface area contributed by atoms with Crippen LogP contribution in [0.3, 0.4) is 0 Å². The Morgan fingerprint density at radius 1 is 1.28 bits per heavy atom. The standard InChI is InChI=1S/C20H22ClIN2O4S/c1-2-28-19-10-9-17(12-18(19)21)29(26,27)24-11-3-4-14(13-24)20(25)23-16-7-5-15(22)6-8-16/h5-10,12,14H,2-4,11,13H2,1H3,(H,23,25)/t14-/m1/s1. The Bertz CT molecular complexity index is 982. The quantitative estimate of drug-likeness (QED) is 0.544. The van der Waals surface area contributed by atoms with Gasteiger partial charge >= 0.3 is 0 Å². The van der Waals surface area contributed by atoms with Crippen molar-refractivity contribution in [1.82, 2.24) is 4.31 Å². The molecule has 1 N–H and O–H groups in total. The monoisotopic (exact) mass is 548 g/mol. The van der Waals surface area contributed by atoms with Gasteiger partial charge in [0.25, 0.3) is 0 Å². The van der Waals surface area contributed by atoms with Crippen LogP contribution in [0.2, 0.25) is 5.02 Å². The van der Waals surface area contributed by atoms with E-state index in [9.17, 15) is 13.2 Å². The van der Waals surface area contributed by atoms with Crippen molar-refractivity contribution in [3.8, 4) is 5.75 Å². The van der Waals surface area contributed by atoms with Gasteiger partial charge in [-0.15, -0.1) is 0 Å². The first-order chi connectivity index (χ1) is 13.8. The summed E-state index contributed by atoms with van der Waals surface area (Å²) in [6, 6.07) is 11.9. The molecule has 29 heavy (non-hydrogen) atoms. The molecule has 1 fully saturated rings. The fourth-order valence-electron chi connectivity index (χ4n) is 3.22. The highest BCUT2D eigenvalue weighted by Gasteiger charge is 2.33. The molecule has 1 heterocycles. The highest BCUT2D eigenvalue weighted by atomic mass is 127. The fraction of sp³-hybridized carbons (Fsp3) is 0.350. The van der Waals surface area contributed by atoms with E-state index in [1.165, 1.54) is 16.4 Å². The second-order valence-corrected chi connectivity index (χ2v) is 10.3. The van der Waals surface area contributed by atoms with Gasteiger partial charge in [0.15, 0.2) is 0 Å². The molecule has 0 bridgehead atoms. The first kappa shape index (κ1) is 22.3. The Balaban J connectivity index is 1.72. The molecule has 1 aliphatic heterocycles. The summed E-state index contributed by atoms with van der Waals surface area (Å²) >= 11 is 8.36. The number of carbonyl (C=O) groups excluding carboxylic acids is 1. The maximum absolute atomic E-state index is 13.1. The zero-order valence-corrected chi connectivity index (χ0v) is 19.6. The topological polar surface area (TPSA) is 75.7 Å². The van der Waals surface area contributed by atoms with Crippen molar-refractivity contribution in [2.75, 3.05) is 25.0 Å². The zero-order chi connectivity index (χ0) is 21.0. The number of nitrogens with zero attached hydrogens (tertiary/aromatic N) is 1. The number of carbonyl (C=O) groups is 1. The Morgan fingerprint density at radius 2 is 2.00 bits per heavy atom. The van der Waals surface area contributed by atoms with Gasteiger partial charge in [0.05, 0.1) is 22.4 Å². The van der Waals surface area contributed by atoms with Crippen LogP contribution < -0.4 is 10.1 Å². The van der Waals surface area contributed by atoms with Crippen molar-refractivity contribution in [2.45, 2.75) is 24.7 Å². The summed E-state index contributed by atoms with van der Waals surface area (Å²) in [5.74, 6) is -0.131. The minimum absolute atomic E-state index is 0.102. The summed E-state index contributed by atoms with van der Waals surface area (Å²) in [7, 11) is -3.75. The minimum Gasteiger partial charge on any atom is -0.492 e. The van der Waals surface area contributed by atoms with Gasteiger partial charge in [-0.3, -0.25) is 4.79 Å². The lowest BCUT2D eigenvalue weighted by Gasteiger charge is -2.31. The molecule has 1 saturated heterocycles. The van der Waals surface area contributed by atoms with Crippen LogP contribution in [0.15, 0.2) is 47.4 Å². The summed E-state index contributed by atoms with van der Waals surface area (Å²) in [6.07, 6.45) is 1.26. The molecule has 6 nitrogen and oxygen atoms in total. The van der Waals surface area contributed by atoms with Crippen LogP contribution in [0.4, 0.5) is 5.69 Å². The van der Waals surface area contributed by atoms with E-state index in [1.807, 2.05) is 31.2 Å². The lowest BCUT2D eigenvalue weighted by atomic mass is 9.99. The summed E-state index contributed by atoms with van der Waals surface area (Å²) in [5, 5.41) is 3.13. The molecule has 0 saturated carbocycles. The summed E-state index contributed by atoms with van der Waals surface area (Å²) in [5.41, 5.74) is 0.702. The lowest BCUT2D eigenvalue weighted by Crippen LogP contribution is -2.43. The van der Waals surface area contributed by atoms with Gasteiger partial charge in [-0.05, 0) is 84.8 Å². The Morgan fingerprint density at radius 3 is 2.66 bits per heavy atom. The molecule has 1 amide bonds.